The first-order valence-electron chi connectivity index (χ1n) is 6.83. The summed E-state index contributed by atoms with van der Waals surface area (Å²) in [5.74, 6) is -1.64. The molecule has 0 atom stereocenters. The highest BCUT2D eigenvalue weighted by Crippen LogP contribution is 2.35. The van der Waals surface area contributed by atoms with E-state index < -0.39 is 17.5 Å². The van der Waals surface area contributed by atoms with Crippen LogP contribution in [0.4, 0.5) is 8.78 Å². The highest BCUT2D eigenvalue weighted by molar-refractivity contribution is 6.11. The predicted octanol–water partition coefficient (Wildman–Crippen LogP) is 3.75. The van der Waals surface area contributed by atoms with Crippen LogP contribution < -0.4 is 10.1 Å². The van der Waals surface area contributed by atoms with Gasteiger partial charge in [0.2, 0.25) is 0 Å². The van der Waals surface area contributed by atoms with Gasteiger partial charge in [-0.3, -0.25) is 4.79 Å². The minimum Gasteiger partial charge on any atom is -0.497 e. The number of ether oxygens (including phenoxy) is 1. The number of amides is 1. The zero-order valence-electron chi connectivity index (χ0n) is 12.4. The topological polar surface area (TPSA) is 51.5 Å². The number of benzene rings is 2. The average Bonchev–Trinajstić information content (AvgIpc) is 2.95. The summed E-state index contributed by atoms with van der Waals surface area (Å²) in [4.78, 5) is 12.3. The molecule has 0 bridgehead atoms. The normalized spacial score (nSPS) is 10.8. The van der Waals surface area contributed by atoms with Gasteiger partial charge >= 0.3 is 0 Å². The zero-order chi connectivity index (χ0) is 16.6. The van der Waals surface area contributed by atoms with Crippen molar-refractivity contribution in [3.63, 3.8) is 0 Å². The number of hydrogen-bond acceptors (Lipinski definition) is 3. The number of furan rings is 1. The third kappa shape index (κ3) is 2.52. The van der Waals surface area contributed by atoms with Crippen molar-refractivity contribution in [3.05, 3.63) is 53.6 Å². The van der Waals surface area contributed by atoms with Crippen molar-refractivity contribution in [1.29, 1.82) is 0 Å². The Balaban J connectivity index is 2.30. The second-order valence-electron chi connectivity index (χ2n) is 4.88. The van der Waals surface area contributed by atoms with Crippen LogP contribution in [0.2, 0.25) is 0 Å². The van der Waals surface area contributed by atoms with E-state index in [1.54, 1.807) is 18.2 Å². The van der Waals surface area contributed by atoms with Crippen LogP contribution >= 0.6 is 0 Å². The fraction of sp³-hybridized carbons (Fsp3) is 0.118. The Kier molecular flexibility index (Phi) is 3.73. The number of rotatable bonds is 3. The standard InChI is InChI=1S/C17H13F2NO3/c1-20-17(21)15-11-8-10(22-2)4-6-14(11)23-16(15)9-3-5-12(18)13(19)7-9/h3-8H,1-2H3,(H,20,21). The highest BCUT2D eigenvalue weighted by Gasteiger charge is 2.22. The van der Waals surface area contributed by atoms with Gasteiger partial charge in [0.1, 0.15) is 17.1 Å². The molecule has 23 heavy (non-hydrogen) atoms. The van der Waals surface area contributed by atoms with Gasteiger partial charge in [-0.2, -0.15) is 0 Å². The van der Waals surface area contributed by atoms with Crippen LogP contribution in [0.3, 0.4) is 0 Å². The van der Waals surface area contributed by atoms with Crippen LogP contribution in [-0.2, 0) is 0 Å². The summed E-state index contributed by atoms with van der Waals surface area (Å²) in [5, 5.41) is 3.06. The van der Waals surface area contributed by atoms with E-state index in [9.17, 15) is 13.6 Å². The van der Waals surface area contributed by atoms with Gasteiger partial charge in [-0.25, -0.2) is 8.78 Å². The Bertz CT molecular complexity index is 902. The van der Waals surface area contributed by atoms with Crippen molar-refractivity contribution in [1.82, 2.24) is 5.32 Å². The first-order chi connectivity index (χ1) is 11.0. The van der Waals surface area contributed by atoms with Crippen molar-refractivity contribution in [2.45, 2.75) is 0 Å². The van der Waals surface area contributed by atoms with Gasteiger partial charge in [-0.05, 0) is 36.4 Å². The van der Waals surface area contributed by atoms with Crippen molar-refractivity contribution >= 4 is 16.9 Å². The van der Waals surface area contributed by atoms with E-state index in [2.05, 4.69) is 5.32 Å². The molecule has 0 fully saturated rings. The summed E-state index contributed by atoms with van der Waals surface area (Å²) < 4.78 is 37.5. The molecule has 0 spiro atoms. The summed E-state index contributed by atoms with van der Waals surface area (Å²) in [6, 6.07) is 8.36. The van der Waals surface area contributed by atoms with Gasteiger partial charge in [0.25, 0.3) is 5.91 Å². The zero-order valence-corrected chi connectivity index (χ0v) is 12.4. The summed E-state index contributed by atoms with van der Waals surface area (Å²) >= 11 is 0. The van der Waals surface area contributed by atoms with Crippen molar-refractivity contribution in [3.8, 4) is 17.1 Å². The Morgan fingerprint density at radius 1 is 1.13 bits per heavy atom. The molecule has 3 rings (SSSR count). The van der Waals surface area contributed by atoms with Crippen LogP contribution in [0.1, 0.15) is 10.4 Å². The molecule has 0 aliphatic heterocycles. The van der Waals surface area contributed by atoms with Crippen LogP contribution in [-0.4, -0.2) is 20.1 Å². The lowest BCUT2D eigenvalue weighted by atomic mass is 10.0. The summed E-state index contributed by atoms with van der Waals surface area (Å²) in [7, 11) is 2.99. The smallest absolute Gasteiger partial charge is 0.255 e. The van der Waals surface area contributed by atoms with E-state index >= 15 is 0 Å². The number of fused-ring (bicyclic) bond motifs is 1. The molecule has 1 N–H and O–H groups in total. The van der Waals surface area contributed by atoms with Crippen LogP contribution in [0, 0.1) is 11.6 Å². The molecule has 0 saturated carbocycles. The van der Waals surface area contributed by atoms with Gasteiger partial charge < -0.3 is 14.5 Å². The number of methoxy groups -OCH3 is 1. The van der Waals surface area contributed by atoms with Crippen molar-refractivity contribution in [2.24, 2.45) is 0 Å². The maximum Gasteiger partial charge on any atom is 0.255 e. The van der Waals surface area contributed by atoms with Crippen LogP contribution in [0.25, 0.3) is 22.3 Å². The predicted molar refractivity (Wildman–Crippen MR) is 81.5 cm³/mol. The second-order valence-corrected chi connectivity index (χ2v) is 4.88. The van der Waals surface area contributed by atoms with E-state index in [0.717, 1.165) is 12.1 Å². The van der Waals surface area contributed by atoms with Gasteiger partial charge in [-0.15, -0.1) is 0 Å². The Hall–Kier alpha value is -2.89. The maximum absolute atomic E-state index is 13.5. The maximum atomic E-state index is 13.5. The monoisotopic (exact) mass is 317 g/mol. The number of nitrogens with one attached hydrogen (secondary N) is 1. The van der Waals surface area contributed by atoms with Gasteiger partial charge in [0.05, 0.1) is 12.7 Å². The van der Waals surface area contributed by atoms with Gasteiger partial charge in [-0.1, -0.05) is 0 Å². The summed E-state index contributed by atoms with van der Waals surface area (Å²) in [5.41, 5.74) is 0.967. The first-order valence-corrected chi connectivity index (χ1v) is 6.83. The molecule has 0 aliphatic carbocycles. The lowest BCUT2D eigenvalue weighted by Crippen LogP contribution is -2.18. The Morgan fingerprint density at radius 3 is 2.57 bits per heavy atom. The molecular weight excluding hydrogens is 304 g/mol. The third-order valence-corrected chi connectivity index (χ3v) is 3.53. The Labute approximate surface area is 130 Å². The number of carbonyl (C=O) groups is 1. The molecule has 0 saturated heterocycles. The second kappa shape index (κ2) is 5.72. The number of carbonyl (C=O) groups excluding carboxylic acids is 1. The molecule has 6 heteroatoms. The molecule has 1 heterocycles. The number of halogens is 2. The third-order valence-electron chi connectivity index (χ3n) is 3.53. The lowest BCUT2D eigenvalue weighted by Gasteiger charge is -2.03. The molecule has 0 unspecified atom stereocenters. The van der Waals surface area contributed by atoms with Crippen LogP contribution in [0.5, 0.6) is 5.75 Å². The summed E-state index contributed by atoms with van der Waals surface area (Å²) in [6.07, 6.45) is 0. The molecule has 1 amide bonds. The van der Waals surface area contributed by atoms with Crippen LogP contribution in [0.15, 0.2) is 40.8 Å². The SMILES string of the molecule is CNC(=O)c1c(-c2ccc(F)c(F)c2)oc2ccc(OC)cc12. The van der Waals surface area contributed by atoms with E-state index in [4.69, 9.17) is 9.15 Å². The molecule has 0 aliphatic rings. The summed E-state index contributed by atoms with van der Waals surface area (Å²) in [6.45, 7) is 0. The fourth-order valence-electron chi connectivity index (χ4n) is 2.39. The molecule has 0 radical (unpaired) electrons. The molecular formula is C17H13F2NO3. The largest absolute Gasteiger partial charge is 0.497 e. The van der Waals surface area contributed by atoms with E-state index in [1.807, 2.05) is 0 Å². The molecule has 118 valence electrons. The highest BCUT2D eigenvalue weighted by atomic mass is 19.2. The molecule has 2 aromatic carbocycles. The Morgan fingerprint density at radius 2 is 1.91 bits per heavy atom. The molecule has 3 aromatic rings. The first kappa shape index (κ1) is 15.0. The van der Waals surface area contributed by atoms with Crippen molar-refractivity contribution < 1.29 is 22.7 Å². The van der Waals surface area contributed by atoms with Crippen molar-refractivity contribution in [2.75, 3.05) is 14.2 Å². The average molecular weight is 317 g/mol. The van der Waals surface area contributed by atoms with Gasteiger partial charge in [0, 0.05) is 18.0 Å². The van der Waals surface area contributed by atoms with E-state index in [-0.39, 0.29) is 16.9 Å². The molecule has 1 aromatic heterocycles. The quantitative estimate of drug-likeness (QED) is 0.800. The van der Waals surface area contributed by atoms with E-state index in [1.165, 1.54) is 20.2 Å². The molecule has 4 nitrogen and oxygen atoms in total. The fourth-order valence-corrected chi connectivity index (χ4v) is 2.39. The van der Waals surface area contributed by atoms with E-state index in [0.29, 0.717) is 16.7 Å². The lowest BCUT2D eigenvalue weighted by molar-refractivity contribution is 0.0964. The van der Waals surface area contributed by atoms with Gasteiger partial charge in [0.15, 0.2) is 11.6 Å². The minimum absolute atomic E-state index is 0.173. The number of hydrogen-bond donors (Lipinski definition) is 1. The minimum atomic E-state index is -1.01.